The number of nitrogens with zero attached hydrogens (tertiary/aromatic N) is 8. The van der Waals surface area contributed by atoms with Crippen LogP contribution in [0.25, 0.3) is 22.4 Å². The summed E-state index contributed by atoms with van der Waals surface area (Å²) < 4.78 is 5.13. The van der Waals surface area contributed by atoms with Crippen molar-refractivity contribution in [2.45, 2.75) is 6.54 Å². The summed E-state index contributed by atoms with van der Waals surface area (Å²) >= 11 is 5.89. The maximum atomic E-state index is 5.89. The van der Waals surface area contributed by atoms with Crippen LogP contribution in [0.1, 0.15) is 5.82 Å². The van der Waals surface area contributed by atoms with Gasteiger partial charge in [0.05, 0.1) is 28.5 Å². The summed E-state index contributed by atoms with van der Waals surface area (Å²) in [5.41, 5.74) is 2.39. The number of benzene rings is 1. The fourth-order valence-corrected chi connectivity index (χ4v) is 2.92. The summed E-state index contributed by atoms with van der Waals surface area (Å²) in [6, 6.07) is 9.86. The smallest absolute Gasteiger partial charge is 0.173 e. The Hall–Kier alpha value is -3.26. The molecule has 4 heterocycles. The van der Waals surface area contributed by atoms with Gasteiger partial charge in [-0.05, 0) is 12.1 Å². The van der Waals surface area contributed by atoms with Crippen molar-refractivity contribution in [1.82, 2.24) is 39.1 Å². The lowest BCUT2D eigenvalue weighted by atomic mass is 10.3. The highest BCUT2D eigenvalue weighted by Gasteiger charge is 2.13. The molecule has 0 atom stereocenters. The van der Waals surface area contributed by atoms with Crippen molar-refractivity contribution in [1.29, 1.82) is 0 Å². The van der Waals surface area contributed by atoms with Crippen LogP contribution in [-0.2, 0) is 6.54 Å². The molecule has 4 aromatic heterocycles. The average Bonchev–Trinajstić information content (AvgIpc) is 3.33. The van der Waals surface area contributed by atoms with Gasteiger partial charge in [0.2, 0.25) is 0 Å². The number of fused-ring (bicyclic) bond motifs is 3. The molecule has 9 heteroatoms. The molecule has 5 rings (SSSR count). The highest BCUT2D eigenvalue weighted by atomic mass is 35.5. The van der Waals surface area contributed by atoms with E-state index >= 15 is 0 Å². The van der Waals surface area contributed by atoms with E-state index in [1.807, 2.05) is 30.3 Å². The van der Waals surface area contributed by atoms with Crippen molar-refractivity contribution in [2.24, 2.45) is 0 Å². The molecule has 0 fully saturated rings. The SMILES string of the molecule is Clc1cnn(Cc2nc3c4cnn(-c5ccccc5)c4ncn3n2)c1. The molecule has 0 bridgehead atoms. The molecule has 5 aromatic rings. The minimum atomic E-state index is 0.433. The molecule has 0 saturated heterocycles. The van der Waals surface area contributed by atoms with Gasteiger partial charge in [0.1, 0.15) is 12.9 Å². The van der Waals surface area contributed by atoms with E-state index in [0.29, 0.717) is 23.0 Å². The lowest BCUT2D eigenvalue weighted by Gasteiger charge is -2.01. The zero-order chi connectivity index (χ0) is 16.8. The third-order valence-electron chi connectivity index (χ3n) is 3.86. The molecule has 0 spiro atoms. The number of hydrogen-bond acceptors (Lipinski definition) is 5. The molecule has 122 valence electrons. The van der Waals surface area contributed by atoms with Gasteiger partial charge in [-0.3, -0.25) is 4.68 Å². The summed E-state index contributed by atoms with van der Waals surface area (Å²) in [5.74, 6) is 0.626. The van der Waals surface area contributed by atoms with Crippen LogP contribution in [0.2, 0.25) is 5.02 Å². The second-order valence-corrected chi connectivity index (χ2v) is 5.96. The van der Waals surface area contributed by atoms with Crippen molar-refractivity contribution >= 4 is 28.3 Å². The Kier molecular flexibility index (Phi) is 3.04. The minimum Gasteiger partial charge on any atom is -0.263 e. The van der Waals surface area contributed by atoms with Gasteiger partial charge in [0, 0.05) is 6.20 Å². The monoisotopic (exact) mass is 350 g/mol. The van der Waals surface area contributed by atoms with Gasteiger partial charge in [-0.2, -0.15) is 10.2 Å². The molecule has 0 N–H and O–H groups in total. The first kappa shape index (κ1) is 14.1. The zero-order valence-electron chi connectivity index (χ0n) is 12.9. The molecule has 0 aliphatic carbocycles. The molecule has 0 unspecified atom stereocenters. The summed E-state index contributed by atoms with van der Waals surface area (Å²) in [6.45, 7) is 0.433. The number of aromatic nitrogens is 8. The van der Waals surface area contributed by atoms with E-state index in [4.69, 9.17) is 11.6 Å². The molecule has 0 amide bonds. The van der Waals surface area contributed by atoms with Crippen LogP contribution in [0.4, 0.5) is 0 Å². The summed E-state index contributed by atoms with van der Waals surface area (Å²) in [6.07, 6.45) is 6.72. The Morgan fingerprint density at radius 1 is 1.00 bits per heavy atom. The standard InChI is InChI=1S/C16H11ClN8/c17-11-6-19-23(8-11)9-14-21-16-13-7-20-25(12-4-2-1-3-5-12)15(13)18-10-24(16)22-14/h1-8,10H,9H2. The van der Waals surface area contributed by atoms with Gasteiger partial charge in [0.15, 0.2) is 17.1 Å². The summed E-state index contributed by atoms with van der Waals surface area (Å²) in [7, 11) is 0. The maximum Gasteiger partial charge on any atom is 0.173 e. The predicted molar refractivity (Wildman–Crippen MR) is 91.7 cm³/mol. The van der Waals surface area contributed by atoms with Gasteiger partial charge in [-0.25, -0.2) is 19.2 Å². The van der Waals surface area contributed by atoms with Crippen molar-refractivity contribution in [3.05, 3.63) is 66.1 Å². The van der Waals surface area contributed by atoms with Crippen LogP contribution in [0.3, 0.4) is 0 Å². The Morgan fingerprint density at radius 2 is 1.88 bits per heavy atom. The fraction of sp³-hybridized carbons (Fsp3) is 0.0625. The maximum absolute atomic E-state index is 5.89. The Bertz CT molecular complexity index is 1190. The molecule has 25 heavy (non-hydrogen) atoms. The third kappa shape index (κ3) is 2.34. The number of rotatable bonds is 3. The summed E-state index contributed by atoms with van der Waals surface area (Å²) in [5, 5.41) is 14.5. The molecule has 0 aliphatic heterocycles. The van der Waals surface area contributed by atoms with Crippen molar-refractivity contribution < 1.29 is 0 Å². The topological polar surface area (TPSA) is 78.7 Å². The van der Waals surface area contributed by atoms with Crippen molar-refractivity contribution in [2.75, 3.05) is 0 Å². The zero-order valence-corrected chi connectivity index (χ0v) is 13.6. The van der Waals surface area contributed by atoms with E-state index in [1.54, 1.807) is 38.8 Å². The Balaban J connectivity index is 1.62. The highest BCUT2D eigenvalue weighted by molar-refractivity contribution is 6.30. The van der Waals surface area contributed by atoms with Crippen LogP contribution < -0.4 is 0 Å². The predicted octanol–water partition coefficient (Wildman–Crippen LogP) is 2.36. The van der Waals surface area contributed by atoms with Gasteiger partial charge in [-0.1, -0.05) is 29.8 Å². The minimum absolute atomic E-state index is 0.433. The Labute approximate surface area is 146 Å². The largest absolute Gasteiger partial charge is 0.263 e. The number of hydrogen-bond donors (Lipinski definition) is 0. The van der Waals surface area contributed by atoms with E-state index in [0.717, 1.165) is 16.7 Å². The molecule has 1 aromatic carbocycles. The van der Waals surface area contributed by atoms with Crippen molar-refractivity contribution in [3.8, 4) is 5.69 Å². The normalized spacial score (nSPS) is 11.6. The van der Waals surface area contributed by atoms with E-state index < -0.39 is 0 Å². The first-order valence-electron chi connectivity index (χ1n) is 7.59. The first-order chi connectivity index (χ1) is 12.3. The molecule has 0 aliphatic rings. The third-order valence-corrected chi connectivity index (χ3v) is 4.05. The van der Waals surface area contributed by atoms with Crippen LogP contribution in [0.15, 0.2) is 55.2 Å². The van der Waals surface area contributed by atoms with E-state index in [2.05, 4.69) is 25.3 Å². The lowest BCUT2D eigenvalue weighted by molar-refractivity contribution is 0.653. The highest BCUT2D eigenvalue weighted by Crippen LogP contribution is 2.19. The number of halogens is 1. The second-order valence-electron chi connectivity index (χ2n) is 5.53. The van der Waals surface area contributed by atoms with E-state index in [-0.39, 0.29) is 0 Å². The summed E-state index contributed by atoms with van der Waals surface area (Å²) in [4.78, 5) is 9.09. The molecular weight excluding hydrogens is 340 g/mol. The van der Waals surface area contributed by atoms with Crippen LogP contribution in [-0.4, -0.2) is 39.1 Å². The van der Waals surface area contributed by atoms with Gasteiger partial charge >= 0.3 is 0 Å². The van der Waals surface area contributed by atoms with Gasteiger partial charge in [-0.15, -0.1) is 5.10 Å². The average molecular weight is 351 g/mol. The molecule has 8 nitrogen and oxygen atoms in total. The first-order valence-corrected chi connectivity index (χ1v) is 7.97. The quantitative estimate of drug-likeness (QED) is 0.499. The molecule has 0 saturated carbocycles. The molecule has 0 radical (unpaired) electrons. The number of para-hydroxylation sites is 1. The van der Waals surface area contributed by atoms with E-state index in [9.17, 15) is 0 Å². The molecular formula is C16H11ClN8. The van der Waals surface area contributed by atoms with Gasteiger partial charge < -0.3 is 0 Å². The lowest BCUT2D eigenvalue weighted by Crippen LogP contribution is -2.02. The van der Waals surface area contributed by atoms with Crippen molar-refractivity contribution in [3.63, 3.8) is 0 Å². The second kappa shape index (κ2) is 5.38. The Morgan fingerprint density at radius 3 is 2.68 bits per heavy atom. The van der Waals surface area contributed by atoms with Gasteiger partial charge in [0.25, 0.3) is 0 Å². The van der Waals surface area contributed by atoms with E-state index in [1.165, 1.54) is 0 Å². The van der Waals surface area contributed by atoms with Crippen LogP contribution >= 0.6 is 11.6 Å². The van der Waals surface area contributed by atoms with Crippen LogP contribution in [0, 0.1) is 0 Å². The van der Waals surface area contributed by atoms with Crippen LogP contribution in [0.5, 0.6) is 0 Å². The fourth-order valence-electron chi connectivity index (χ4n) is 2.76.